The number of rotatable bonds is 4. The number of nitrogens with zero attached hydrogens (tertiary/aromatic N) is 2. The number of hydrazone groups is 1. The predicted octanol–water partition coefficient (Wildman–Crippen LogP) is 5.67. The fourth-order valence-electron chi connectivity index (χ4n) is 3.12. The minimum absolute atomic E-state index is 0.00473. The van der Waals surface area contributed by atoms with Gasteiger partial charge in [-0.1, -0.05) is 60.1 Å². The second kappa shape index (κ2) is 8.23. The van der Waals surface area contributed by atoms with Crippen molar-refractivity contribution in [3.63, 3.8) is 0 Å². The first-order valence-corrected chi connectivity index (χ1v) is 9.44. The molecule has 2 heterocycles. The van der Waals surface area contributed by atoms with E-state index in [1.807, 2.05) is 54.6 Å². The zero-order valence-electron chi connectivity index (χ0n) is 15.7. The number of aromatic amines is 1. The third-order valence-corrected chi connectivity index (χ3v) is 4.85. The molecule has 0 saturated carbocycles. The van der Waals surface area contributed by atoms with Crippen LogP contribution in [-0.2, 0) is 6.18 Å². The number of benzene rings is 2. The van der Waals surface area contributed by atoms with E-state index in [-0.39, 0.29) is 10.7 Å². The van der Waals surface area contributed by atoms with E-state index in [1.165, 1.54) is 0 Å². The summed E-state index contributed by atoms with van der Waals surface area (Å²) in [7, 11) is 0. The molecule has 156 valence electrons. The number of halogens is 4. The number of hydrogen-bond acceptors (Lipinski definition) is 3. The van der Waals surface area contributed by atoms with Crippen LogP contribution in [0, 0.1) is 0 Å². The van der Waals surface area contributed by atoms with Gasteiger partial charge in [0.05, 0.1) is 16.8 Å². The number of fused-ring (bicyclic) bond motifs is 1. The van der Waals surface area contributed by atoms with Gasteiger partial charge in [-0.25, -0.2) is 5.43 Å². The van der Waals surface area contributed by atoms with Gasteiger partial charge < -0.3 is 4.98 Å². The fourth-order valence-corrected chi connectivity index (χ4v) is 3.34. The average Bonchev–Trinajstić information content (AvgIpc) is 3.14. The van der Waals surface area contributed by atoms with E-state index in [0.717, 1.165) is 34.3 Å². The Morgan fingerprint density at radius 2 is 1.81 bits per heavy atom. The van der Waals surface area contributed by atoms with E-state index < -0.39 is 17.6 Å². The molecule has 0 bridgehead atoms. The van der Waals surface area contributed by atoms with E-state index >= 15 is 0 Å². The molecule has 1 amide bonds. The Kier molecular flexibility index (Phi) is 5.48. The van der Waals surface area contributed by atoms with Gasteiger partial charge in [-0.05, 0) is 17.7 Å². The van der Waals surface area contributed by atoms with Gasteiger partial charge in [0.2, 0.25) is 0 Å². The molecule has 5 nitrogen and oxygen atoms in total. The lowest BCUT2D eigenvalue weighted by Gasteiger charge is -2.07. The van der Waals surface area contributed by atoms with Crippen LogP contribution < -0.4 is 5.43 Å². The summed E-state index contributed by atoms with van der Waals surface area (Å²) in [5.41, 5.74) is 4.04. The van der Waals surface area contributed by atoms with Gasteiger partial charge in [0, 0.05) is 22.7 Å². The zero-order valence-corrected chi connectivity index (χ0v) is 16.5. The monoisotopic (exact) mass is 442 g/mol. The largest absolute Gasteiger partial charge is 0.417 e. The van der Waals surface area contributed by atoms with Crippen LogP contribution in [-0.4, -0.2) is 22.1 Å². The molecule has 0 spiro atoms. The van der Waals surface area contributed by atoms with Crippen molar-refractivity contribution in [2.45, 2.75) is 6.18 Å². The van der Waals surface area contributed by atoms with E-state index in [9.17, 15) is 18.0 Å². The summed E-state index contributed by atoms with van der Waals surface area (Å²) in [5, 5.41) is 4.44. The van der Waals surface area contributed by atoms with Crippen LogP contribution in [0.4, 0.5) is 13.2 Å². The number of carbonyl (C=O) groups is 1. The number of alkyl halides is 3. The van der Waals surface area contributed by atoms with Crippen molar-refractivity contribution in [2.75, 3.05) is 0 Å². The lowest BCUT2D eigenvalue weighted by atomic mass is 10.0. The highest BCUT2D eigenvalue weighted by atomic mass is 35.5. The number of H-pyrrole nitrogens is 1. The summed E-state index contributed by atoms with van der Waals surface area (Å²) in [6.45, 7) is 0. The van der Waals surface area contributed by atoms with Crippen molar-refractivity contribution < 1.29 is 18.0 Å². The minimum Gasteiger partial charge on any atom is -0.350 e. The molecule has 0 aliphatic heterocycles. The standard InChI is InChI=1S/C22H14ClF3N4O/c23-16-10-14(22(24,25)26)11-27-18(16)12-28-30-21(31)20-19(13-6-2-1-3-7-13)15-8-4-5-9-17(15)29-20/h1-12,29H,(H,30,31). The molecule has 0 aliphatic carbocycles. The predicted molar refractivity (Wildman–Crippen MR) is 113 cm³/mol. The summed E-state index contributed by atoms with van der Waals surface area (Å²) < 4.78 is 38.2. The van der Waals surface area contributed by atoms with Crippen LogP contribution in [0.15, 0.2) is 72.0 Å². The van der Waals surface area contributed by atoms with Gasteiger partial charge >= 0.3 is 6.18 Å². The summed E-state index contributed by atoms with van der Waals surface area (Å²) in [6, 6.07) is 17.6. The molecule has 9 heteroatoms. The maximum absolute atomic E-state index is 12.8. The molecule has 4 rings (SSSR count). The molecule has 4 aromatic rings. The van der Waals surface area contributed by atoms with E-state index in [4.69, 9.17) is 11.6 Å². The highest BCUT2D eigenvalue weighted by molar-refractivity contribution is 6.32. The van der Waals surface area contributed by atoms with E-state index in [2.05, 4.69) is 20.5 Å². The molecule has 0 atom stereocenters. The third kappa shape index (κ3) is 4.29. The van der Waals surface area contributed by atoms with Crippen LogP contribution in [0.2, 0.25) is 5.02 Å². The van der Waals surface area contributed by atoms with Crippen molar-refractivity contribution in [1.29, 1.82) is 0 Å². The first-order valence-electron chi connectivity index (χ1n) is 9.07. The van der Waals surface area contributed by atoms with Crippen molar-refractivity contribution in [3.05, 3.63) is 88.8 Å². The minimum atomic E-state index is -4.55. The van der Waals surface area contributed by atoms with Crippen molar-refractivity contribution in [3.8, 4) is 11.1 Å². The van der Waals surface area contributed by atoms with Gasteiger partial charge in [-0.15, -0.1) is 0 Å². The lowest BCUT2D eigenvalue weighted by molar-refractivity contribution is -0.137. The first-order chi connectivity index (χ1) is 14.8. The maximum Gasteiger partial charge on any atom is 0.417 e. The number of carbonyl (C=O) groups excluding carboxylic acids is 1. The Balaban J connectivity index is 1.61. The fraction of sp³-hybridized carbons (Fsp3) is 0.0455. The Morgan fingerprint density at radius 3 is 2.52 bits per heavy atom. The van der Waals surface area contributed by atoms with Crippen LogP contribution in [0.25, 0.3) is 22.0 Å². The quantitative estimate of drug-likeness (QED) is 0.316. The van der Waals surface area contributed by atoms with Crippen LogP contribution >= 0.6 is 11.6 Å². The van der Waals surface area contributed by atoms with Crippen LogP contribution in [0.1, 0.15) is 21.7 Å². The lowest BCUT2D eigenvalue weighted by Crippen LogP contribution is -2.19. The highest BCUT2D eigenvalue weighted by Crippen LogP contribution is 2.32. The Hall–Kier alpha value is -3.65. The second-order valence-corrected chi connectivity index (χ2v) is 6.98. The Labute approximate surface area is 179 Å². The first kappa shape index (κ1) is 20.6. The normalized spacial score (nSPS) is 11.9. The molecular weight excluding hydrogens is 429 g/mol. The molecule has 0 unspecified atom stereocenters. The van der Waals surface area contributed by atoms with Crippen LogP contribution in [0.5, 0.6) is 0 Å². The number of aromatic nitrogens is 2. The summed E-state index contributed by atoms with van der Waals surface area (Å²) in [5.74, 6) is -0.519. The topological polar surface area (TPSA) is 70.1 Å². The molecule has 0 saturated heterocycles. The number of pyridine rings is 1. The molecule has 0 radical (unpaired) electrons. The van der Waals surface area contributed by atoms with Gasteiger partial charge in [0.25, 0.3) is 5.91 Å². The SMILES string of the molecule is O=C(NN=Cc1ncc(C(F)(F)F)cc1Cl)c1[nH]c2ccccc2c1-c1ccccc1. The summed E-state index contributed by atoms with van der Waals surface area (Å²) in [6.07, 6.45) is -2.81. The van der Waals surface area contributed by atoms with Crippen molar-refractivity contribution in [2.24, 2.45) is 5.10 Å². The Bertz CT molecular complexity index is 1280. The number of para-hydroxylation sites is 1. The number of amides is 1. The van der Waals surface area contributed by atoms with Crippen molar-refractivity contribution in [1.82, 2.24) is 15.4 Å². The van der Waals surface area contributed by atoms with E-state index in [0.29, 0.717) is 11.9 Å². The van der Waals surface area contributed by atoms with Crippen molar-refractivity contribution >= 4 is 34.6 Å². The number of nitrogens with one attached hydrogen (secondary N) is 2. The second-order valence-electron chi connectivity index (χ2n) is 6.57. The van der Waals surface area contributed by atoms with Gasteiger partial charge in [0.15, 0.2) is 0 Å². The molecule has 2 N–H and O–H groups in total. The van der Waals surface area contributed by atoms with E-state index in [1.54, 1.807) is 0 Å². The molecule has 31 heavy (non-hydrogen) atoms. The molecule has 2 aromatic carbocycles. The molecule has 0 aliphatic rings. The zero-order chi connectivity index (χ0) is 22.0. The summed E-state index contributed by atoms with van der Waals surface area (Å²) in [4.78, 5) is 19.6. The highest BCUT2D eigenvalue weighted by Gasteiger charge is 2.31. The van der Waals surface area contributed by atoms with Gasteiger partial charge in [0.1, 0.15) is 11.4 Å². The van der Waals surface area contributed by atoms with Crippen LogP contribution in [0.3, 0.4) is 0 Å². The Morgan fingerprint density at radius 1 is 1.10 bits per heavy atom. The molecule has 0 fully saturated rings. The van der Waals surface area contributed by atoms with Gasteiger partial charge in [-0.2, -0.15) is 18.3 Å². The smallest absolute Gasteiger partial charge is 0.350 e. The third-order valence-electron chi connectivity index (χ3n) is 4.55. The summed E-state index contributed by atoms with van der Waals surface area (Å²) >= 11 is 5.85. The van der Waals surface area contributed by atoms with Gasteiger partial charge in [-0.3, -0.25) is 9.78 Å². The number of hydrogen-bond donors (Lipinski definition) is 2. The average molecular weight is 443 g/mol. The maximum atomic E-state index is 12.8. The molecule has 2 aromatic heterocycles. The molecular formula is C22H14ClF3N4O.